The van der Waals surface area contributed by atoms with Gasteiger partial charge < -0.3 is 25.6 Å². The standard InChI is InChI=1S/C33H36F3N5O2/c1-41(2)26-13-6-22(7-14-26)32(42)39-24-10-8-23(9-11-24)38-30-19-31(33(34,35)36)40-29-17-12-25(18-28(29)30)37-20-21-4-15-27(43-3)16-5-21/h4-7,12-19,23-24,37H,8-11,20H2,1-3H3,(H,38,40)(H,39,42). The number of ether oxygens (including phenoxy) is 1. The van der Waals surface area contributed by atoms with Crippen LogP contribution in [-0.2, 0) is 12.7 Å². The maximum atomic E-state index is 13.7. The first-order valence-corrected chi connectivity index (χ1v) is 14.3. The number of benzene rings is 3. The lowest BCUT2D eigenvalue weighted by molar-refractivity contribution is -0.140. The number of fused-ring (bicyclic) bond motifs is 1. The summed E-state index contributed by atoms with van der Waals surface area (Å²) in [7, 11) is 5.50. The molecule has 0 radical (unpaired) electrons. The molecule has 43 heavy (non-hydrogen) atoms. The summed E-state index contributed by atoms with van der Waals surface area (Å²) in [6.07, 6.45) is -1.69. The number of hydrogen-bond acceptors (Lipinski definition) is 6. The molecule has 0 spiro atoms. The van der Waals surface area contributed by atoms with Crippen LogP contribution in [0.15, 0.2) is 72.8 Å². The molecule has 1 aliphatic carbocycles. The minimum atomic E-state index is -4.57. The first-order chi connectivity index (χ1) is 20.6. The number of rotatable bonds is 9. The third kappa shape index (κ3) is 7.49. The first kappa shape index (κ1) is 30.0. The van der Waals surface area contributed by atoms with Crippen LogP contribution in [-0.4, -0.2) is 44.2 Å². The number of carbonyl (C=O) groups excluding carboxylic acids is 1. The van der Waals surface area contributed by atoms with Gasteiger partial charge in [0.1, 0.15) is 11.4 Å². The summed E-state index contributed by atoms with van der Waals surface area (Å²) < 4.78 is 46.4. The Kier molecular flexibility index (Phi) is 8.94. The molecule has 7 nitrogen and oxygen atoms in total. The fraction of sp³-hybridized carbons (Fsp3) is 0.333. The molecule has 1 heterocycles. The second-order valence-corrected chi connectivity index (χ2v) is 11.1. The zero-order valence-electron chi connectivity index (χ0n) is 24.5. The predicted octanol–water partition coefficient (Wildman–Crippen LogP) is 7.09. The number of nitrogens with one attached hydrogen (secondary N) is 3. The summed E-state index contributed by atoms with van der Waals surface area (Å²) in [6, 6.07) is 21.4. The minimum Gasteiger partial charge on any atom is -0.497 e. The summed E-state index contributed by atoms with van der Waals surface area (Å²) in [5, 5.41) is 10.5. The number of halogens is 3. The van der Waals surface area contributed by atoms with Crippen LogP contribution in [0.1, 0.15) is 47.3 Å². The lowest BCUT2D eigenvalue weighted by Crippen LogP contribution is -2.40. The quantitative estimate of drug-likeness (QED) is 0.193. The van der Waals surface area contributed by atoms with E-state index in [0.717, 1.165) is 41.6 Å². The topological polar surface area (TPSA) is 78.5 Å². The third-order valence-electron chi connectivity index (χ3n) is 7.82. The van der Waals surface area contributed by atoms with Crippen LogP contribution in [0.5, 0.6) is 5.75 Å². The average molecular weight is 592 g/mol. The van der Waals surface area contributed by atoms with Gasteiger partial charge in [0.05, 0.1) is 12.6 Å². The molecule has 1 aliphatic rings. The number of carbonyl (C=O) groups is 1. The maximum absolute atomic E-state index is 13.7. The van der Waals surface area contributed by atoms with Crippen LogP contribution >= 0.6 is 0 Å². The van der Waals surface area contributed by atoms with Crippen molar-refractivity contribution < 1.29 is 22.7 Å². The minimum absolute atomic E-state index is 0.00718. The molecule has 0 aliphatic heterocycles. The smallest absolute Gasteiger partial charge is 0.433 e. The van der Waals surface area contributed by atoms with Gasteiger partial charge in [-0.3, -0.25) is 4.79 Å². The highest BCUT2D eigenvalue weighted by molar-refractivity contribution is 5.95. The molecule has 1 saturated carbocycles. The molecule has 10 heteroatoms. The van der Waals surface area contributed by atoms with Gasteiger partial charge in [0.25, 0.3) is 5.91 Å². The fourth-order valence-corrected chi connectivity index (χ4v) is 5.33. The van der Waals surface area contributed by atoms with Gasteiger partial charge >= 0.3 is 6.18 Å². The Labute approximate surface area is 249 Å². The van der Waals surface area contributed by atoms with Crippen LogP contribution in [0.3, 0.4) is 0 Å². The van der Waals surface area contributed by atoms with Crippen molar-refractivity contribution in [1.82, 2.24) is 10.3 Å². The van der Waals surface area contributed by atoms with Crippen molar-refractivity contribution in [3.05, 3.63) is 89.6 Å². The maximum Gasteiger partial charge on any atom is 0.433 e. The van der Waals surface area contributed by atoms with Crippen LogP contribution < -0.4 is 25.6 Å². The van der Waals surface area contributed by atoms with E-state index in [1.165, 1.54) is 0 Å². The molecule has 0 bridgehead atoms. The van der Waals surface area contributed by atoms with Crippen molar-refractivity contribution in [2.45, 2.75) is 50.5 Å². The molecule has 1 fully saturated rings. The molecule has 3 N–H and O–H groups in total. The molecule has 5 rings (SSSR count). The van der Waals surface area contributed by atoms with E-state index >= 15 is 0 Å². The molecule has 0 unspecified atom stereocenters. The van der Waals surface area contributed by atoms with Gasteiger partial charge in [-0.15, -0.1) is 0 Å². The molecule has 0 atom stereocenters. The number of methoxy groups -OCH3 is 1. The zero-order chi connectivity index (χ0) is 30.6. The van der Waals surface area contributed by atoms with Gasteiger partial charge in [0.15, 0.2) is 0 Å². The van der Waals surface area contributed by atoms with Crippen molar-refractivity contribution in [1.29, 1.82) is 0 Å². The number of nitrogens with zero attached hydrogens (tertiary/aromatic N) is 2. The Balaban J connectivity index is 1.26. The zero-order valence-corrected chi connectivity index (χ0v) is 24.5. The molecule has 1 aromatic heterocycles. The van der Waals surface area contributed by atoms with Gasteiger partial charge in [0, 0.05) is 60.7 Å². The number of alkyl halides is 3. The van der Waals surface area contributed by atoms with Crippen molar-refractivity contribution in [3.63, 3.8) is 0 Å². The highest BCUT2D eigenvalue weighted by atomic mass is 19.4. The summed E-state index contributed by atoms with van der Waals surface area (Å²) >= 11 is 0. The molecule has 226 valence electrons. The Morgan fingerprint density at radius 3 is 2.23 bits per heavy atom. The Hall–Kier alpha value is -4.47. The van der Waals surface area contributed by atoms with Gasteiger partial charge in [-0.1, -0.05) is 12.1 Å². The number of amides is 1. The number of aromatic nitrogens is 1. The van der Waals surface area contributed by atoms with Crippen molar-refractivity contribution in [2.75, 3.05) is 36.7 Å². The monoisotopic (exact) mass is 591 g/mol. The van der Waals surface area contributed by atoms with Crippen LogP contribution in [0.4, 0.5) is 30.2 Å². The third-order valence-corrected chi connectivity index (χ3v) is 7.82. The number of hydrogen-bond donors (Lipinski definition) is 3. The summed E-state index contributed by atoms with van der Waals surface area (Å²) in [5.74, 6) is 0.648. The van der Waals surface area contributed by atoms with E-state index < -0.39 is 11.9 Å². The van der Waals surface area contributed by atoms with E-state index in [2.05, 4.69) is 20.9 Å². The Morgan fingerprint density at radius 2 is 1.60 bits per heavy atom. The molecule has 4 aromatic rings. The highest BCUT2D eigenvalue weighted by Crippen LogP contribution is 2.35. The van der Waals surface area contributed by atoms with Crippen molar-refractivity contribution in [2.24, 2.45) is 0 Å². The normalized spacial score (nSPS) is 16.9. The van der Waals surface area contributed by atoms with Crippen LogP contribution in [0, 0.1) is 0 Å². The van der Waals surface area contributed by atoms with E-state index in [9.17, 15) is 18.0 Å². The summed E-state index contributed by atoms with van der Waals surface area (Å²) in [5.41, 5.74) is 3.18. The molecular weight excluding hydrogens is 555 g/mol. The number of pyridine rings is 1. The van der Waals surface area contributed by atoms with Gasteiger partial charge in [-0.2, -0.15) is 13.2 Å². The highest BCUT2D eigenvalue weighted by Gasteiger charge is 2.34. The first-order valence-electron chi connectivity index (χ1n) is 14.3. The van der Waals surface area contributed by atoms with Crippen molar-refractivity contribution in [3.8, 4) is 5.75 Å². The SMILES string of the molecule is COc1ccc(CNc2ccc3nc(C(F)(F)F)cc(NC4CCC(NC(=O)c5ccc(N(C)C)cc5)CC4)c3c2)cc1. The summed E-state index contributed by atoms with van der Waals surface area (Å²) in [6.45, 7) is 0.544. The van der Waals surface area contributed by atoms with E-state index in [1.54, 1.807) is 19.2 Å². The van der Waals surface area contributed by atoms with E-state index in [4.69, 9.17) is 4.74 Å². The van der Waals surface area contributed by atoms with E-state index in [1.807, 2.05) is 73.6 Å². The van der Waals surface area contributed by atoms with Crippen LogP contribution in [0.25, 0.3) is 10.9 Å². The Bertz CT molecular complexity index is 1550. The molecule has 0 saturated heterocycles. The Morgan fingerprint density at radius 1 is 0.930 bits per heavy atom. The van der Waals surface area contributed by atoms with Gasteiger partial charge in [-0.05, 0) is 91.9 Å². The lowest BCUT2D eigenvalue weighted by Gasteiger charge is -2.31. The molecule has 1 amide bonds. The van der Waals surface area contributed by atoms with Crippen LogP contribution in [0.2, 0.25) is 0 Å². The van der Waals surface area contributed by atoms with Gasteiger partial charge in [0.2, 0.25) is 0 Å². The largest absolute Gasteiger partial charge is 0.497 e. The fourth-order valence-electron chi connectivity index (χ4n) is 5.33. The summed E-state index contributed by atoms with van der Waals surface area (Å²) in [4.78, 5) is 18.7. The second kappa shape index (κ2) is 12.8. The van der Waals surface area contributed by atoms with E-state index in [0.29, 0.717) is 36.0 Å². The average Bonchev–Trinajstić information content (AvgIpc) is 3.00. The molecule has 3 aromatic carbocycles. The molecular formula is C33H36F3N5O2. The van der Waals surface area contributed by atoms with Gasteiger partial charge in [-0.25, -0.2) is 4.98 Å². The van der Waals surface area contributed by atoms with E-state index in [-0.39, 0.29) is 23.5 Å². The second-order valence-electron chi connectivity index (χ2n) is 11.1. The lowest BCUT2D eigenvalue weighted by atomic mass is 9.90. The van der Waals surface area contributed by atoms with Crippen molar-refractivity contribution >= 4 is 33.9 Å². The predicted molar refractivity (Wildman–Crippen MR) is 165 cm³/mol. The number of anilines is 3.